The molecule has 1 atom stereocenters. The van der Waals surface area contributed by atoms with Crippen molar-refractivity contribution in [1.82, 2.24) is 5.43 Å². The third-order valence-corrected chi connectivity index (χ3v) is 7.26. The van der Waals surface area contributed by atoms with Gasteiger partial charge in [-0.25, -0.2) is 14.6 Å². The molecular weight excluding hydrogens is 479 g/mol. The van der Waals surface area contributed by atoms with Crippen LogP contribution in [0.5, 0.6) is 0 Å². The largest absolute Gasteiger partial charge is 0.478 e. The van der Waals surface area contributed by atoms with E-state index in [1.165, 1.54) is 6.08 Å². The molecule has 6 nitrogen and oxygen atoms in total. The van der Waals surface area contributed by atoms with Crippen LogP contribution in [0.1, 0.15) is 70.1 Å². The Hall–Kier alpha value is -4.72. The number of aliphatic carboxylic acids is 1. The van der Waals surface area contributed by atoms with Crippen molar-refractivity contribution in [2.24, 2.45) is 5.92 Å². The number of benzene rings is 3. The van der Waals surface area contributed by atoms with Crippen molar-refractivity contribution in [3.05, 3.63) is 105 Å². The lowest BCUT2D eigenvalue weighted by Crippen LogP contribution is -2.16. The maximum atomic E-state index is 14.9. The van der Waals surface area contributed by atoms with E-state index < -0.39 is 12.3 Å². The Balaban J connectivity index is 1.81. The number of nitrogens with zero attached hydrogens (tertiary/aromatic N) is 2. The third kappa shape index (κ3) is 4.56. The van der Waals surface area contributed by atoms with Crippen molar-refractivity contribution in [2.75, 3.05) is 5.43 Å². The first kappa shape index (κ1) is 25.0. The van der Waals surface area contributed by atoms with Gasteiger partial charge in [-0.15, -0.1) is 0 Å². The Labute approximate surface area is 220 Å². The van der Waals surface area contributed by atoms with Gasteiger partial charge in [0.05, 0.1) is 22.9 Å². The number of alkyl halides is 1. The predicted molar refractivity (Wildman–Crippen MR) is 144 cm³/mol. The number of halogens is 1. The fourth-order valence-corrected chi connectivity index (χ4v) is 5.21. The van der Waals surface area contributed by atoms with Crippen molar-refractivity contribution in [3.8, 4) is 12.1 Å². The Kier molecular flexibility index (Phi) is 6.79. The zero-order chi connectivity index (χ0) is 26.8. The van der Waals surface area contributed by atoms with Gasteiger partial charge >= 0.3 is 5.97 Å². The molecule has 3 aromatic rings. The van der Waals surface area contributed by atoms with Crippen molar-refractivity contribution < 1.29 is 14.3 Å². The van der Waals surface area contributed by atoms with E-state index in [2.05, 4.69) is 23.0 Å². The number of aryl methyl sites for hydroxylation is 1. The monoisotopic (exact) mass is 504 g/mol. The quantitative estimate of drug-likeness (QED) is 0.201. The van der Waals surface area contributed by atoms with Crippen LogP contribution in [0, 0.1) is 35.5 Å². The van der Waals surface area contributed by atoms with Crippen LogP contribution in [-0.2, 0) is 4.79 Å². The topological polar surface area (TPSA) is 109 Å². The maximum absolute atomic E-state index is 14.9. The molecule has 1 unspecified atom stereocenters. The Morgan fingerprint density at radius 1 is 1.05 bits per heavy atom. The number of fused-ring (bicyclic) bond motifs is 1. The van der Waals surface area contributed by atoms with Gasteiger partial charge in [-0.2, -0.15) is 10.5 Å². The molecule has 0 bridgehead atoms. The fourth-order valence-electron chi connectivity index (χ4n) is 5.21. The molecule has 7 heteroatoms. The molecule has 0 aromatic heterocycles. The van der Waals surface area contributed by atoms with Crippen LogP contribution < -0.4 is 10.9 Å². The second-order valence-corrected chi connectivity index (χ2v) is 9.54. The summed E-state index contributed by atoms with van der Waals surface area (Å²) >= 11 is 0. The summed E-state index contributed by atoms with van der Waals surface area (Å²) in [5.41, 5.74) is 13.1. The molecule has 1 heterocycles. The maximum Gasteiger partial charge on any atom is 0.328 e. The molecule has 0 spiro atoms. The molecule has 1 aliphatic heterocycles. The van der Waals surface area contributed by atoms with Crippen LogP contribution in [0.4, 0.5) is 10.1 Å². The average molecular weight is 505 g/mol. The normalized spacial score (nSPS) is 17.1. The van der Waals surface area contributed by atoms with Gasteiger partial charge in [-0.05, 0) is 83.4 Å². The number of hydrogen-bond donors (Lipinski definition) is 3. The number of nitriles is 2. The second-order valence-electron chi connectivity index (χ2n) is 9.54. The number of rotatable bonds is 6. The molecule has 38 heavy (non-hydrogen) atoms. The van der Waals surface area contributed by atoms with Crippen LogP contribution in [0.15, 0.2) is 60.7 Å². The smallest absolute Gasteiger partial charge is 0.328 e. The molecular formula is C31H25FN4O2. The van der Waals surface area contributed by atoms with E-state index >= 15 is 0 Å². The van der Waals surface area contributed by atoms with Gasteiger partial charge in [-0.1, -0.05) is 42.8 Å². The number of allylic oxidation sites excluding steroid dienone is 1. The molecule has 3 N–H and O–H groups in total. The van der Waals surface area contributed by atoms with E-state index in [4.69, 9.17) is 5.11 Å². The summed E-state index contributed by atoms with van der Waals surface area (Å²) in [6, 6.07) is 21.2. The lowest BCUT2D eigenvalue weighted by molar-refractivity contribution is -0.131. The summed E-state index contributed by atoms with van der Waals surface area (Å²) in [5, 5.41) is 28.7. The van der Waals surface area contributed by atoms with E-state index in [0.29, 0.717) is 16.8 Å². The second kappa shape index (κ2) is 10.3. The Morgan fingerprint density at radius 3 is 2.39 bits per heavy atom. The minimum atomic E-state index is -1.52. The van der Waals surface area contributed by atoms with Crippen LogP contribution in [0.3, 0.4) is 0 Å². The average Bonchev–Trinajstić information content (AvgIpc) is 3.27. The number of nitrogens with one attached hydrogen (secondary N) is 2. The van der Waals surface area contributed by atoms with Crippen molar-refractivity contribution in [3.63, 3.8) is 0 Å². The van der Waals surface area contributed by atoms with Crippen molar-refractivity contribution in [2.45, 2.75) is 32.5 Å². The van der Waals surface area contributed by atoms with Crippen LogP contribution in [-0.4, -0.2) is 11.1 Å². The van der Waals surface area contributed by atoms with Crippen LogP contribution in [0.25, 0.3) is 17.2 Å². The zero-order valence-electron chi connectivity index (χ0n) is 20.8. The predicted octanol–water partition coefficient (Wildman–Crippen LogP) is 6.49. The van der Waals surface area contributed by atoms with E-state index in [-0.39, 0.29) is 17.0 Å². The number of hydrogen-bond acceptors (Lipinski definition) is 5. The summed E-state index contributed by atoms with van der Waals surface area (Å²) in [6.45, 7) is 1.98. The summed E-state index contributed by atoms with van der Waals surface area (Å²) in [4.78, 5) is 11.0. The summed E-state index contributed by atoms with van der Waals surface area (Å²) in [6.07, 6.45) is 4.15. The van der Waals surface area contributed by atoms with E-state index in [0.717, 1.165) is 58.7 Å². The minimum absolute atomic E-state index is 0.237. The Bertz CT molecular complexity index is 1570. The molecule has 3 aromatic carbocycles. The van der Waals surface area contributed by atoms with Crippen molar-refractivity contribution >= 4 is 28.9 Å². The van der Waals surface area contributed by atoms with Gasteiger partial charge in [0.1, 0.15) is 6.07 Å². The summed E-state index contributed by atoms with van der Waals surface area (Å²) < 4.78 is 14.9. The number of carboxylic acid groups (broad SMARTS) is 1. The molecule has 188 valence electrons. The van der Waals surface area contributed by atoms with E-state index in [1.54, 1.807) is 12.1 Å². The first-order chi connectivity index (χ1) is 18.4. The number of carboxylic acids is 1. The van der Waals surface area contributed by atoms with Gasteiger partial charge in [0, 0.05) is 17.2 Å². The molecule has 0 saturated heterocycles. The van der Waals surface area contributed by atoms with Gasteiger partial charge in [0.25, 0.3) is 0 Å². The van der Waals surface area contributed by atoms with Crippen LogP contribution >= 0.6 is 0 Å². The van der Waals surface area contributed by atoms with E-state index in [1.807, 2.05) is 49.4 Å². The highest BCUT2D eigenvalue weighted by Gasteiger charge is 2.32. The third-order valence-electron chi connectivity index (χ3n) is 7.26. The number of anilines is 1. The SMILES string of the molecule is Cc1cc(C#N)ccc1/C(=C(\c1ccc(/C=C/C(=O)O)cc1)c1ccc2c(c1C#N)C(F)NN2)C1CCC1. The highest BCUT2D eigenvalue weighted by atomic mass is 19.1. The zero-order valence-corrected chi connectivity index (χ0v) is 20.8. The molecule has 2 aliphatic rings. The highest BCUT2D eigenvalue weighted by Crippen LogP contribution is 2.48. The standard InChI is InChI=1S/C31H25FN4O2/c1-18-15-20(16-33)7-11-23(18)28(21-3-2-4-21)29(22-9-5-19(6-10-22)8-14-27(37)38)24-12-13-26-30(25(24)17-34)31(32)36-35-26/h5-15,21,31,35-36H,2-4H2,1H3,(H,37,38)/b14-8+,29-28+. The molecule has 5 rings (SSSR count). The summed E-state index contributed by atoms with van der Waals surface area (Å²) in [5.74, 6) is -0.793. The van der Waals surface area contributed by atoms with Crippen LogP contribution in [0.2, 0.25) is 0 Å². The highest BCUT2D eigenvalue weighted by molar-refractivity contribution is 6.02. The lowest BCUT2D eigenvalue weighted by atomic mass is 9.71. The number of carbonyl (C=O) groups is 1. The molecule has 0 radical (unpaired) electrons. The lowest BCUT2D eigenvalue weighted by Gasteiger charge is -2.32. The van der Waals surface area contributed by atoms with Gasteiger partial charge < -0.3 is 10.5 Å². The van der Waals surface area contributed by atoms with Crippen molar-refractivity contribution in [1.29, 1.82) is 10.5 Å². The minimum Gasteiger partial charge on any atom is -0.478 e. The molecule has 1 fully saturated rings. The Morgan fingerprint density at radius 2 is 1.79 bits per heavy atom. The first-order valence-electron chi connectivity index (χ1n) is 12.4. The molecule has 1 saturated carbocycles. The first-order valence-corrected chi connectivity index (χ1v) is 12.4. The molecule has 0 amide bonds. The van der Waals surface area contributed by atoms with E-state index in [9.17, 15) is 19.7 Å². The number of hydrazine groups is 1. The van der Waals surface area contributed by atoms with Gasteiger partial charge in [0.15, 0.2) is 6.30 Å². The van der Waals surface area contributed by atoms with Gasteiger partial charge in [0.2, 0.25) is 0 Å². The fraction of sp³-hybridized carbons (Fsp3) is 0.194. The molecule has 1 aliphatic carbocycles. The van der Waals surface area contributed by atoms with Gasteiger partial charge in [-0.3, -0.25) is 0 Å². The summed E-state index contributed by atoms with van der Waals surface area (Å²) in [7, 11) is 0.